The largest absolute Gasteiger partial charge is 0.343 e. The van der Waals surface area contributed by atoms with Gasteiger partial charge in [0.05, 0.1) is 23.8 Å². The lowest BCUT2D eigenvalue weighted by Crippen LogP contribution is -2.29. The highest BCUT2D eigenvalue weighted by Crippen LogP contribution is 2.27. The number of nitrogens with zero attached hydrogens (tertiary/aromatic N) is 5. The molecule has 9 nitrogen and oxygen atoms in total. The lowest BCUT2D eigenvalue weighted by molar-refractivity contribution is 0.635. The van der Waals surface area contributed by atoms with Crippen LogP contribution < -0.4 is 22.1 Å². The molecule has 9 heteroatoms. The maximum atomic E-state index is 8.11. The molecule has 0 aliphatic carbocycles. The van der Waals surface area contributed by atoms with Crippen molar-refractivity contribution in [3.63, 3.8) is 0 Å². The lowest BCUT2D eigenvalue weighted by Gasteiger charge is -2.09. The third-order valence-corrected chi connectivity index (χ3v) is 3.58. The van der Waals surface area contributed by atoms with E-state index in [2.05, 4.69) is 25.8 Å². The quantitative estimate of drug-likeness (QED) is 0.528. The predicted molar refractivity (Wildman–Crippen MR) is 80.4 cm³/mol. The molecule has 112 valence electrons. The molecule has 0 saturated heterocycles. The van der Waals surface area contributed by atoms with Gasteiger partial charge in [-0.1, -0.05) is 6.07 Å². The summed E-state index contributed by atoms with van der Waals surface area (Å²) in [5, 5.41) is 16.6. The molecule has 1 atom stereocenters. The SMILES string of the molecule is N=c1nc2c(cnn2CCN)c2n1NC(c1ccccn1)N2. The average molecular weight is 297 g/mol. The second-order valence-electron chi connectivity index (χ2n) is 4.97. The van der Waals surface area contributed by atoms with E-state index < -0.39 is 0 Å². The molecule has 0 amide bonds. The normalized spacial score (nSPS) is 16.3. The lowest BCUT2D eigenvalue weighted by atomic mass is 10.3. The Morgan fingerprint density at radius 1 is 1.36 bits per heavy atom. The van der Waals surface area contributed by atoms with Crippen LogP contribution in [0, 0.1) is 5.41 Å². The molecule has 3 aromatic rings. The van der Waals surface area contributed by atoms with E-state index in [-0.39, 0.29) is 11.8 Å². The third-order valence-electron chi connectivity index (χ3n) is 3.58. The number of aromatic nitrogens is 5. The van der Waals surface area contributed by atoms with Crippen molar-refractivity contribution in [1.82, 2.24) is 24.4 Å². The standard InChI is InChI=1S/C13H15N9/c14-4-6-21-11-8(7-17-21)12-18-10(9-3-1-2-5-16-9)20-22(12)13(15)19-11/h1-3,5,7,10,15,18,20H,4,6,14H2. The Kier molecular flexibility index (Phi) is 2.79. The van der Waals surface area contributed by atoms with Crippen molar-refractivity contribution in [3.05, 3.63) is 41.9 Å². The summed E-state index contributed by atoms with van der Waals surface area (Å²) >= 11 is 0. The van der Waals surface area contributed by atoms with Gasteiger partial charge in [-0.15, -0.1) is 0 Å². The number of fused-ring (bicyclic) bond motifs is 3. The molecule has 1 aliphatic rings. The van der Waals surface area contributed by atoms with Crippen molar-refractivity contribution in [2.24, 2.45) is 5.73 Å². The smallest absolute Gasteiger partial charge is 0.244 e. The first-order chi connectivity index (χ1) is 10.8. The molecule has 0 bridgehead atoms. The van der Waals surface area contributed by atoms with Crippen molar-refractivity contribution >= 4 is 16.9 Å². The Morgan fingerprint density at radius 3 is 3.05 bits per heavy atom. The molecular weight excluding hydrogens is 282 g/mol. The molecule has 0 aromatic carbocycles. The molecule has 0 fully saturated rings. The van der Waals surface area contributed by atoms with Crippen molar-refractivity contribution in [3.8, 4) is 0 Å². The van der Waals surface area contributed by atoms with Gasteiger partial charge in [-0.05, 0) is 12.1 Å². The summed E-state index contributed by atoms with van der Waals surface area (Å²) in [6, 6.07) is 5.71. The molecule has 0 spiro atoms. The third kappa shape index (κ3) is 1.83. The van der Waals surface area contributed by atoms with Crippen LogP contribution in [0.4, 0.5) is 5.82 Å². The Morgan fingerprint density at radius 2 is 2.27 bits per heavy atom. The predicted octanol–water partition coefficient (Wildman–Crippen LogP) is -0.266. The van der Waals surface area contributed by atoms with E-state index in [0.717, 1.165) is 16.9 Å². The minimum atomic E-state index is -0.212. The van der Waals surface area contributed by atoms with E-state index in [1.807, 2.05) is 18.2 Å². The zero-order valence-electron chi connectivity index (χ0n) is 11.7. The summed E-state index contributed by atoms with van der Waals surface area (Å²) in [5.74, 6) is 0.758. The molecule has 4 heterocycles. The first-order valence-electron chi connectivity index (χ1n) is 6.95. The molecule has 1 unspecified atom stereocenters. The summed E-state index contributed by atoms with van der Waals surface area (Å²) in [4.78, 5) is 8.64. The zero-order chi connectivity index (χ0) is 15.1. The highest BCUT2D eigenvalue weighted by Gasteiger charge is 2.25. The van der Waals surface area contributed by atoms with Gasteiger partial charge in [0.15, 0.2) is 11.8 Å². The number of nitrogens with one attached hydrogen (secondary N) is 3. The van der Waals surface area contributed by atoms with E-state index in [1.165, 1.54) is 0 Å². The van der Waals surface area contributed by atoms with Crippen LogP contribution in [0.3, 0.4) is 0 Å². The van der Waals surface area contributed by atoms with Crippen LogP contribution in [0.25, 0.3) is 11.0 Å². The van der Waals surface area contributed by atoms with Crippen molar-refractivity contribution in [1.29, 1.82) is 5.41 Å². The van der Waals surface area contributed by atoms with Crippen LogP contribution >= 0.6 is 0 Å². The van der Waals surface area contributed by atoms with Gasteiger partial charge in [0.1, 0.15) is 5.82 Å². The van der Waals surface area contributed by atoms with Crippen LogP contribution in [0.15, 0.2) is 30.6 Å². The first-order valence-corrected chi connectivity index (χ1v) is 6.95. The number of hydrogen-bond acceptors (Lipinski definition) is 7. The van der Waals surface area contributed by atoms with Crippen molar-refractivity contribution < 1.29 is 0 Å². The number of anilines is 1. The number of hydrogen-bond donors (Lipinski definition) is 4. The Bertz CT molecular complexity index is 880. The molecular formula is C13H15N9. The molecule has 1 aliphatic heterocycles. The van der Waals surface area contributed by atoms with Gasteiger partial charge in [-0.2, -0.15) is 10.1 Å². The molecule has 4 rings (SSSR count). The van der Waals surface area contributed by atoms with Crippen LogP contribution in [0.5, 0.6) is 0 Å². The number of rotatable bonds is 3. The molecule has 3 aromatic heterocycles. The van der Waals surface area contributed by atoms with E-state index >= 15 is 0 Å². The zero-order valence-corrected chi connectivity index (χ0v) is 11.7. The van der Waals surface area contributed by atoms with Crippen LogP contribution in [0.1, 0.15) is 11.9 Å². The van der Waals surface area contributed by atoms with Crippen LogP contribution in [-0.4, -0.2) is 31.0 Å². The fourth-order valence-corrected chi connectivity index (χ4v) is 2.58. The molecule has 0 radical (unpaired) electrons. The second kappa shape index (κ2) is 4.81. The van der Waals surface area contributed by atoms with Crippen LogP contribution in [0.2, 0.25) is 0 Å². The second-order valence-corrected chi connectivity index (χ2v) is 4.97. The number of pyridine rings is 1. The molecule has 22 heavy (non-hydrogen) atoms. The van der Waals surface area contributed by atoms with Gasteiger partial charge in [-0.3, -0.25) is 15.8 Å². The fraction of sp³-hybridized carbons (Fsp3) is 0.231. The topological polar surface area (TPSA) is 122 Å². The molecule has 0 saturated carbocycles. The van der Waals surface area contributed by atoms with E-state index in [9.17, 15) is 0 Å². The fourth-order valence-electron chi connectivity index (χ4n) is 2.58. The van der Waals surface area contributed by atoms with Gasteiger partial charge < -0.3 is 11.1 Å². The van der Waals surface area contributed by atoms with Crippen molar-refractivity contribution in [2.45, 2.75) is 12.7 Å². The van der Waals surface area contributed by atoms with E-state index in [4.69, 9.17) is 11.1 Å². The monoisotopic (exact) mass is 297 g/mol. The van der Waals surface area contributed by atoms with Gasteiger partial charge in [0.2, 0.25) is 5.62 Å². The number of nitrogens with two attached hydrogens (primary N) is 1. The minimum Gasteiger partial charge on any atom is -0.343 e. The highest BCUT2D eigenvalue weighted by molar-refractivity contribution is 5.87. The van der Waals surface area contributed by atoms with Gasteiger partial charge in [0, 0.05) is 12.7 Å². The Hall–Kier alpha value is -2.94. The summed E-state index contributed by atoms with van der Waals surface area (Å²) in [6.45, 7) is 1.04. The highest BCUT2D eigenvalue weighted by atomic mass is 15.6. The Labute approximate surface area is 125 Å². The Balaban J connectivity index is 1.82. The molecule has 5 N–H and O–H groups in total. The van der Waals surface area contributed by atoms with Gasteiger partial charge in [0.25, 0.3) is 0 Å². The minimum absolute atomic E-state index is 0.104. The summed E-state index contributed by atoms with van der Waals surface area (Å²) < 4.78 is 3.32. The summed E-state index contributed by atoms with van der Waals surface area (Å²) in [5.41, 5.74) is 10.4. The maximum Gasteiger partial charge on any atom is 0.244 e. The van der Waals surface area contributed by atoms with Gasteiger partial charge in [-0.25, -0.2) is 9.36 Å². The average Bonchev–Trinajstić information content (AvgIpc) is 3.14. The van der Waals surface area contributed by atoms with E-state index in [1.54, 1.807) is 21.8 Å². The summed E-state index contributed by atoms with van der Waals surface area (Å²) in [6.07, 6.45) is 3.26. The van der Waals surface area contributed by atoms with E-state index in [0.29, 0.717) is 18.7 Å². The summed E-state index contributed by atoms with van der Waals surface area (Å²) in [7, 11) is 0. The maximum absolute atomic E-state index is 8.11. The first kappa shape index (κ1) is 12.8. The van der Waals surface area contributed by atoms with Crippen LogP contribution in [-0.2, 0) is 6.54 Å². The van der Waals surface area contributed by atoms with Gasteiger partial charge >= 0.3 is 0 Å². The van der Waals surface area contributed by atoms with Crippen molar-refractivity contribution in [2.75, 3.05) is 17.3 Å².